The van der Waals surface area contributed by atoms with Crippen molar-refractivity contribution in [2.45, 2.75) is 26.3 Å². The van der Waals surface area contributed by atoms with Gasteiger partial charge in [0.05, 0.1) is 0 Å². The van der Waals surface area contributed by atoms with Gasteiger partial charge in [-0.15, -0.1) is 0 Å². The van der Waals surface area contributed by atoms with Crippen LogP contribution in [-0.4, -0.2) is 46.7 Å². The van der Waals surface area contributed by atoms with Gasteiger partial charge in [-0.3, -0.25) is 14.6 Å². The molecule has 136 valence electrons. The van der Waals surface area contributed by atoms with Gasteiger partial charge < -0.3 is 9.80 Å². The second-order valence-corrected chi connectivity index (χ2v) is 7.08. The first kappa shape index (κ1) is 18.1. The van der Waals surface area contributed by atoms with Gasteiger partial charge in [0.2, 0.25) is 0 Å². The lowest BCUT2D eigenvalue weighted by atomic mass is 10.00. The molecule has 3 rings (SSSR count). The second kappa shape index (κ2) is 8.13. The Labute approximate surface area is 154 Å². The van der Waals surface area contributed by atoms with Gasteiger partial charge in [-0.2, -0.15) is 0 Å². The number of benzene rings is 1. The van der Waals surface area contributed by atoms with Crippen LogP contribution in [0.4, 0.5) is 0 Å². The van der Waals surface area contributed by atoms with Crippen LogP contribution in [0.1, 0.15) is 46.2 Å². The SMILES string of the molecule is CC1CCCN(C(=O)c2cc(C(=O)N(C)Cc3ccccc3)ccn2)C1. The van der Waals surface area contributed by atoms with Gasteiger partial charge in [-0.25, -0.2) is 0 Å². The molecule has 1 atom stereocenters. The molecule has 0 radical (unpaired) electrons. The van der Waals surface area contributed by atoms with Crippen LogP contribution < -0.4 is 0 Å². The largest absolute Gasteiger partial charge is 0.337 e. The molecule has 1 fully saturated rings. The van der Waals surface area contributed by atoms with E-state index in [9.17, 15) is 9.59 Å². The summed E-state index contributed by atoms with van der Waals surface area (Å²) in [4.78, 5) is 33.1. The molecule has 5 heteroatoms. The lowest BCUT2D eigenvalue weighted by Crippen LogP contribution is -2.39. The zero-order valence-corrected chi connectivity index (χ0v) is 15.4. The third-order valence-corrected chi connectivity index (χ3v) is 4.78. The summed E-state index contributed by atoms with van der Waals surface area (Å²) in [5, 5.41) is 0. The van der Waals surface area contributed by atoms with E-state index in [0.29, 0.717) is 23.7 Å². The summed E-state index contributed by atoms with van der Waals surface area (Å²) >= 11 is 0. The number of piperidine rings is 1. The number of likely N-dealkylation sites (tertiary alicyclic amines) is 1. The average molecular weight is 351 g/mol. The lowest BCUT2D eigenvalue weighted by Gasteiger charge is -2.30. The van der Waals surface area contributed by atoms with E-state index in [4.69, 9.17) is 0 Å². The number of aromatic nitrogens is 1. The van der Waals surface area contributed by atoms with Crippen molar-refractivity contribution in [3.63, 3.8) is 0 Å². The fraction of sp³-hybridized carbons (Fsp3) is 0.381. The van der Waals surface area contributed by atoms with Crippen molar-refractivity contribution in [1.82, 2.24) is 14.8 Å². The van der Waals surface area contributed by atoms with Crippen molar-refractivity contribution in [2.75, 3.05) is 20.1 Å². The molecule has 2 aromatic rings. The molecule has 2 heterocycles. The monoisotopic (exact) mass is 351 g/mol. The minimum Gasteiger partial charge on any atom is -0.337 e. The van der Waals surface area contributed by atoms with Crippen LogP contribution in [0.2, 0.25) is 0 Å². The second-order valence-electron chi connectivity index (χ2n) is 7.08. The van der Waals surface area contributed by atoms with Gasteiger partial charge in [0, 0.05) is 38.4 Å². The summed E-state index contributed by atoms with van der Waals surface area (Å²) in [7, 11) is 1.77. The molecule has 5 nitrogen and oxygen atoms in total. The molecule has 0 saturated carbocycles. The first-order valence-electron chi connectivity index (χ1n) is 9.09. The molecule has 1 aliphatic rings. The highest BCUT2D eigenvalue weighted by molar-refractivity contribution is 5.98. The van der Waals surface area contributed by atoms with Crippen molar-refractivity contribution in [2.24, 2.45) is 5.92 Å². The Morgan fingerprint density at radius 2 is 2.00 bits per heavy atom. The molecule has 0 bridgehead atoms. The van der Waals surface area contributed by atoms with Gasteiger partial charge in [-0.1, -0.05) is 37.3 Å². The van der Waals surface area contributed by atoms with Gasteiger partial charge in [-0.05, 0) is 36.5 Å². The molecule has 2 amide bonds. The number of hydrogen-bond donors (Lipinski definition) is 0. The molecule has 1 saturated heterocycles. The van der Waals surface area contributed by atoms with Crippen molar-refractivity contribution < 1.29 is 9.59 Å². The van der Waals surface area contributed by atoms with Crippen LogP contribution in [0, 0.1) is 5.92 Å². The van der Waals surface area contributed by atoms with Gasteiger partial charge >= 0.3 is 0 Å². The third kappa shape index (κ3) is 4.28. The molecular formula is C21H25N3O2. The molecule has 1 aliphatic heterocycles. The highest BCUT2D eigenvalue weighted by Gasteiger charge is 2.24. The Balaban J connectivity index is 1.71. The Morgan fingerprint density at radius 1 is 1.23 bits per heavy atom. The van der Waals surface area contributed by atoms with Crippen LogP contribution >= 0.6 is 0 Å². The summed E-state index contributed by atoms with van der Waals surface area (Å²) in [6.07, 6.45) is 3.72. The minimum absolute atomic E-state index is 0.0862. The van der Waals surface area contributed by atoms with E-state index in [0.717, 1.165) is 31.5 Å². The van der Waals surface area contributed by atoms with E-state index in [1.807, 2.05) is 35.2 Å². The Hall–Kier alpha value is -2.69. The smallest absolute Gasteiger partial charge is 0.272 e. The van der Waals surface area contributed by atoms with E-state index in [1.54, 1.807) is 30.3 Å². The maximum Gasteiger partial charge on any atom is 0.272 e. The summed E-state index contributed by atoms with van der Waals surface area (Å²) in [6, 6.07) is 13.1. The summed E-state index contributed by atoms with van der Waals surface area (Å²) in [5.41, 5.74) is 1.90. The molecule has 0 aliphatic carbocycles. The van der Waals surface area contributed by atoms with Gasteiger partial charge in [0.1, 0.15) is 5.69 Å². The number of rotatable bonds is 4. The molecule has 1 unspecified atom stereocenters. The normalized spacial score (nSPS) is 17.0. The van der Waals surface area contributed by atoms with E-state index >= 15 is 0 Å². The zero-order valence-electron chi connectivity index (χ0n) is 15.4. The van der Waals surface area contributed by atoms with E-state index in [-0.39, 0.29) is 11.8 Å². The van der Waals surface area contributed by atoms with Crippen molar-refractivity contribution in [1.29, 1.82) is 0 Å². The van der Waals surface area contributed by atoms with Gasteiger partial charge in [0.15, 0.2) is 0 Å². The number of carbonyl (C=O) groups excluding carboxylic acids is 2. The summed E-state index contributed by atoms with van der Waals surface area (Å²) < 4.78 is 0. The Morgan fingerprint density at radius 3 is 2.73 bits per heavy atom. The Kier molecular flexibility index (Phi) is 5.66. The molecule has 1 aromatic heterocycles. The predicted octanol–water partition coefficient (Wildman–Crippen LogP) is 3.23. The molecule has 0 spiro atoms. The molecule has 1 aromatic carbocycles. The fourth-order valence-electron chi connectivity index (χ4n) is 3.37. The van der Waals surface area contributed by atoms with Crippen LogP contribution in [0.15, 0.2) is 48.7 Å². The first-order chi connectivity index (χ1) is 12.5. The number of carbonyl (C=O) groups is 2. The maximum atomic E-state index is 12.7. The van der Waals surface area contributed by atoms with Crippen LogP contribution in [0.25, 0.3) is 0 Å². The average Bonchev–Trinajstić information content (AvgIpc) is 2.67. The molecule has 26 heavy (non-hydrogen) atoms. The van der Waals surface area contributed by atoms with Crippen molar-refractivity contribution >= 4 is 11.8 Å². The van der Waals surface area contributed by atoms with Crippen molar-refractivity contribution in [3.8, 4) is 0 Å². The number of nitrogens with zero attached hydrogens (tertiary/aromatic N) is 3. The first-order valence-corrected chi connectivity index (χ1v) is 9.09. The minimum atomic E-state index is -0.114. The van der Waals surface area contributed by atoms with Crippen molar-refractivity contribution in [3.05, 3.63) is 65.5 Å². The fourth-order valence-corrected chi connectivity index (χ4v) is 3.37. The van der Waals surface area contributed by atoms with E-state index in [2.05, 4.69) is 11.9 Å². The number of amides is 2. The lowest BCUT2D eigenvalue weighted by molar-refractivity contribution is 0.0677. The van der Waals surface area contributed by atoms with Gasteiger partial charge in [0.25, 0.3) is 11.8 Å². The van der Waals surface area contributed by atoms with Crippen LogP contribution in [-0.2, 0) is 6.54 Å². The summed E-state index contributed by atoms with van der Waals surface area (Å²) in [5.74, 6) is 0.309. The topological polar surface area (TPSA) is 53.5 Å². The van der Waals surface area contributed by atoms with E-state index in [1.165, 1.54) is 0 Å². The molecule has 0 N–H and O–H groups in total. The van der Waals surface area contributed by atoms with Crippen LogP contribution in [0.5, 0.6) is 0 Å². The maximum absolute atomic E-state index is 12.7. The highest BCUT2D eigenvalue weighted by atomic mass is 16.2. The number of hydrogen-bond acceptors (Lipinski definition) is 3. The van der Waals surface area contributed by atoms with Crippen LogP contribution in [0.3, 0.4) is 0 Å². The highest BCUT2D eigenvalue weighted by Crippen LogP contribution is 2.18. The third-order valence-electron chi connectivity index (χ3n) is 4.78. The number of pyridine rings is 1. The molecular weight excluding hydrogens is 326 g/mol. The zero-order chi connectivity index (χ0) is 18.5. The van der Waals surface area contributed by atoms with E-state index < -0.39 is 0 Å². The quantitative estimate of drug-likeness (QED) is 0.850. The summed E-state index contributed by atoms with van der Waals surface area (Å²) in [6.45, 7) is 4.20. The standard InChI is InChI=1S/C21H25N3O2/c1-16-7-6-12-24(14-16)21(26)19-13-18(10-11-22-19)20(25)23(2)15-17-8-4-3-5-9-17/h3-5,8-11,13,16H,6-7,12,14-15H2,1-2H3. The predicted molar refractivity (Wildman–Crippen MR) is 101 cm³/mol. The Bertz CT molecular complexity index is 776.